The van der Waals surface area contributed by atoms with Gasteiger partial charge in [0.2, 0.25) is 82.7 Å². The Hall–Kier alpha value is -9.29. The lowest BCUT2D eigenvalue weighted by molar-refractivity contribution is -0.163. The van der Waals surface area contributed by atoms with E-state index in [9.17, 15) is 97.5 Å². The van der Waals surface area contributed by atoms with Crippen molar-refractivity contribution in [3.05, 3.63) is 0 Å². The summed E-state index contributed by atoms with van der Waals surface area (Å²) in [6.07, 6.45) is -13.6. The Morgan fingerprint density at radius 1 is 0.631 bits per heavy atom. The van der Waals surface area contributed by atoms with Crippen LogP contribution in [0.3, 0.4) is 0 Å². The Kier molecular flexibility index (Phi) is 41.2. The van der Waals surface area contributed by atoms with Gasteiger partial charge in [-0.1, -0.05) is 75.7 Å². The van der Waals surface area contributed by atoms with Crippen molar-refractivity contribution in [3.63, 3.8) is 0 Å². The van der Waals surface area contributed by atoms with Crippen LogP contribution in [0.5, 0.6) is 0 Å². The molecule has 0 aliphatic carbocycles. The number of ether oxygens (including phenoxy) is 2. The van der Waals surface area contributed by atoms with Crippen molar-refractivity contribution in [1.29, 1.82) is 0 Å². The molecule has 632 valence electrons. The fourth-order valence-corrected chi connectivity index (χ4v) is 12.1. The molecular formula is C70H123N17O24. The first-order valence-electron chi connectivity index (χ1n) is 36.8. The second kappa shape index (κ2) is 45.9. The van der Waals surface area contributed by atoms with Crippen LogP contribution in [0, 0.1) is 41.4 Å². The van der Waals surface area contributed by atoms with E-state index in [1.54, 1.807) is 34.6 Å². The molecule has 41 nitrogen and oxygen atoms in total. The lowest BCUT2D eigenvalue weighted by atomic mass is 9.85. The molecular weight excluding hydrogens is 1460 g/mol. The van der Waals surface area contributed by atoms with Gasteiger partial charge in [0, 0.05) is 47.0 Å². The highest BCUT2D eigenvalue weighted by atomic mass is 16.5. The van der Waals surface area contributed by atoms with Crippen molar-refractivity contribution in [3.8, 4) is 0 Å². The number of hydrogen-bond donors (Lipinski definition) is 20. The first kappa shape index (κ1) is 99.7. The predicted molar refractivity (Wildman–Crippen MR) is 395 cm³/mol. The summed E-state index contributed by atoms with van der Waals surface area (Å²) in [6.45, 7) is 20.2. The van der Waals surface area contributed by atoms with Gasteiger partial charge in [0.05, 0.1) is 29.8 Å². The van der Waals surface area contributed by atoms with Crippen LogP contribution in [0.1, 0.15) is 155 Å². The van der Waals surface area contributed by atoms with Crippen LogP contribution in [-0.2, 0) is 91.0 Å². The summed E-state index contributed by atoms with van der Waals surface area (Å²) in [7, 11) is 2.87. The van der Waals surface area contributed by atoms with Gasteiger partial charge in [-0.15, -0.1) is 0 Å². The first-order chi connectivity index (χ1) is 51.2. The quantitative estimate of drug-likeness (QED) is 0.0205. The highest BCUT2D eigenvalue weighted by Gasteiger charge is 2.48. The molecule has 111 heavy (non-hydrogen) atoms. The van der Waals surface area contributed by atoms with E-state index in [4.69, 9.17) is 38.1 Å². The zero-order valence-electron chi connectivity index (χ0n) is 66.7. The van der Waals surface area contributed by atoms with Gasteiger partial charge >= 0.3 is 5.97 Å². The Bertz CT molecular complexity index is 3270. The number of aliphatic hydroxyl groups is 5. The van der Waals surface area contributed by atoms with Crippen molar-refractivity contribution >= 4 is 100 Å². The minimum atomic E-state index is -2.80. The van der Waals surface area contributed by atoms with Gasteiger partial charge in [0.1, 0.15) is 66.6 Å². The Morgan fingerprint density at radius 3 is 1.67 bits per heavy atom. The van der Waals surface area contributed by atoms with Crippen LogP contribution >= 0.6 is 0 Å². The number of methoxy groups -OCH3 is 1. The number of nitrogens with zero attached hydrogens (tertiary/aromatic N) is 2. The topological polar surface area (TPSA) is 667 Å². The molecule has 0 aromatic carbocycles. The van der Waals surface area contributed by atoms with E-state index in [-0.39, 0.29) is 31.7 Å². The molecule has 1 fully saturated rings. The molecule has 1 saturated heterocycles. The minimum Gasteiger partial charge on any atom is -0.458 e. The van der Waals surface area contributed by atoms with Crippen molar-refractivity contribution in [1.82, 2.24) is 63.0 Å². The van der Waals surface area contributed by atoms with E-state index < -0.39 is 270 Å². The van der Waals surface area contributed by atoms with Gasteiger partial charge in [-0.2, -0.15) is 0 Å². The molecule has 1 aliphatic rings. The van der Waals surface area contributed by atoms with Crippen LogP contribution in [0.2, 0.25) is 0 Å². The highest BCUT2D eigenvalue weighted by molar-refractivity contribution is 6.09. The second-order valence-corrected chi connectivity index (χ2v) is 30.1. The number of rotatable bonds is 36. The Balaban J connectivity index is 4.51. The van der Waals surface area contributed by atoms with Crippen molar-refractivity contribution in [2.45, 2.75) is 264 Å². The number of carbonyl (C=O) groups excluding carboxylic acids is 17. The first-order valence-corrected chi connectivity index (χ1v) is 36.8. The average molecular weight is 1590 g/mol. The van der Waals surface area contributed by atoms with Gasteiger partial charge in [-0.3, -0.25) is 76.7 Å². The van der Waals surface area contributed by atoms with Crippen LogP contribution in [-0.4, -0.2) is 279 Å². The zero-order valence-corrected chi connectivity index (χ0v) is 66.7. The summed E-state index contributed by atoms with van der Waals surface area (Å²) in [5.41, 5.74) is 26.1. The van der Waals surface area contributed by atoms with E-state index in [0.717, 1.165) is 67.1 Å². The number of nitrogens with two attached hydrogens (primary N) is 5. The summed E-state index contributed by atoms with van der Waals surface area (Å²) in [5, 5.41) is 80.5. The lowest BCUT2D eigenvalue weighted by Crippen LogP contribution is -2.66. The largest absolute Gasteiger partial charge is 0.458 e. The molecule has 16 amide bonds. The summed E-state index contributed by atoms with van der Waals surface area (Å²) >= 11 is 0. The van der Waals surface area contributed by atoms with E-state index in [0.29, 0.717) is 11.3 Å². The lowest BCUT2D eigenvalue weighted by Gasteiger charge is -2.37. The van der Waals surface area contributed by atoms with Crippen molar-refractivity contribution < 1.29 is 117 Å². The number of cyclic esters (lactones) is 1. The van der Waals surface area contributed by atoms with Gasteiger partial charge < -0.3 is 127 Å². The number of hydrogen-bond acceptors (Lipinski definition) is 25. The maximum atomic E-state index is 15.2. The molecule has 0 bridgehead atoms. The summed E-state index contributed by atoms with van der Waals surface area (Å²) in [5.74, 6) is -27.4. The molecule has 41 heteroatoms. The molecule has 22 atom stereocenters. The van der Waals surface area contributed by atoms with Gasteiger partial charge in [0.15, 0.2) is 18.2 Å². The van der Waals surface area contributed by atoms with Crippen LogP contribution in [0.25, 0.3) is 0 Å². The average Bonchev–Trinajstić information content (AvgIpc) is 1.02. The molecule has 0 radical (unpaired) electrons. The normalized spacial score (nSPS) is 24.1. The smallest absolute Gasteiger partial charge is 0.329 e. The summed E-state index contributed by atoms with van der Waals surface area (Å²) < 4.78 is 11.0. The van der Waals surface area contributed by atoms with Crippen molar-refractivity contribution in [2.75, 3.05) is 34.3 Å². The van der Waals surface area contributed by atoms with E-state index >= 15 is 9.59 Å². The van der Waals surface area contributed by atoms with E-state index in [1.165, 1.54) is 20.8 Å². The predicted octanol–water partition coefficient (Wildman–Crippen LogP) is -8.13. The molecule has 0 spiro atoms. The van der Waals surface area contributed by atoms with Gasteiger partial charge in [-0.25, -0.2) is 4.79 Å². The third-order valence-electron chi connectivity index (χ3n) is 19.4. The minimum absolute atomic E-state index is 0.0230. The van der Waals surface area contributed by atoms with Crippen LogP contribution in [0.4, 0.5) is 0 Å². The molecule has 0 saturated carbocycles. The number of nitrogens with one attached hydrogen (secondary N) is 10. The highest BCUT2D eigenvalue weighted by Crippen LogP contribution is 2.25. The number of aliphatic hydroxyl groups excluding tert-OH is 4. The molecule has 22 unspecified atom stereocenters. The number of esters is 1. The number of carbonyl (C=O) groups is 17. The maximum Gasteiger partial charge on any atom is 0.329 e. The van der Waals surface area contributed by atoms with Gasteiger partial charge in [0.25, 0.3) is 11.8 Å². The third-order valence-corrected chi connectivity index (χ3v) is 19.4. The number of primary amides is 4. The van der Waals surface area contributed by atoms with Crippen molar-refractivity contribution in [2.24, 2.45) is 70.1 Å². The van der Waals surface area contributed by atoms with E-state index in [2.05, 4.69) is 47.9 Å². The molecule has 1 heterocycles. The fraction of sp³-hybridized carbons (Fsp3) is 0.757. The summed E-state index contributed by atoms with van der Waals surface area (Å²) in [4.78, 5) is 240. The SMILES string of the molecule is CCC(C)CC(C)C(O)C(C)C(=O)NC(CNC(C)=O)C(=O)NC(C(O)C(O)C(=O)NC(C(=O)NC1C(=O)NC(C(C)O)C(=O)NC(CCCN)C(=O)NC(CC(C)C)C(=O)N(C)C(CCC(N)=O)C(=O)NC(C(OC)C(N)=O)C(=O)NC(C(N)=O)C(=O)N(C)C(CC(C)C)C(=O)OC1C)C(C)C(C)C(N)=O)C(C)(C)O. The van der Waals surface area contributed by atoms with Crippen LogP contribution < -0.4 is 81.8 Å². The fourth-order valence-electron chi connectivity index (χ4n) is 12.1. The molecule has 0 aromatic rings. The number of amides is 16. The number of likely N-dealkylation sites (N-methyl/N-ethyl adjacent to an activating group) is 2. The molecule has 1 aliphatic heterocycles. The molecule has 1 rings (SSSR count). The third kappa shape index (κ3) is 30.7. The monoisotopic (exact) mass is 1590 g/mol. The standard InChI is InChI=1S/C70H123N17O24/c1-19-31(6)27-32(7)50(91)35(10)58(97)79-41(28-76-38(13)89)60(99)85-54(70(14,15)109)51(92)52(93)66(105)80-45(33(8)34(9)55(73)94)62(101)82-47-37(12)111-69(108)43(26-30(4)5)87(17)68(107)49(56(74)95)84-65(104)48(53(110-18)57(75)96)83-61(100)42(22-23-44(72)90)86(16)67(106)40(25-29(2)3)78-59(98)39(21-20-24-71)77-63(102)46(36(11)88)81-64(47)103/h29-37,39-43,45-54,88,91-93,109H,19-28,71H2,1-18H3,(H2,72,90)(H2,73,94)(H2,74,95)(H2,75,96)(H,76,89)(H,77,102)(H,78,98)(H,79,97)(H,80,105)(H,81,103)(H,82,101)(H,83,100)(H,84,104)(H,85,99). The zero-order chi connectivity index (χ0) is 85.9. The maximum absolute atomic E-state index is 15.2. The Morgan fingerprint density at radius 2 is 1.18 bits per heavy atom. The van der Waals surface area contributed by atoms with Crippen LogP contribution in [0.15, 0.2) is 0 Å². The Labute approximate surface area is 646 Å². The molecule has 25 N–H and O–H groups in total. The second-order valence-electron chi connectivity index (χ2n) is 30.1. The molecule has 0 aromatic heterocycles. The van der Waals surface area contributed by atoms with E-state index in [1.807, 2.05) is 19.2 Å². The summed E-state index contributed by atoms with van der Waals surface area (Å²) in [6, 6.07) is -22.5. The van der Waals surface area contributed by atoms with Gasteiger partial charge in [-0.05, 0) is 102 Å².